The van der Waals surface area contributed by atoms with Gasteiger partial charge in [0.1, 0.15) is 17.7 Å². The second-order valence-electron chi connectivity index (χ2n) is 13.4. The third-order valence-corrected chi connectivity index (χ3v) is 12.3. The van der Waals surface area contributed by atoms with Crippen molar-refractivity contribution in [2.75, 3.05) is 20.3 Å². The highest BCUT2D eigenvalue weighted by Gasteiger charge is 2.28. The lowest BCUT2D eigenvalue weighted by Crippen LogP contribution is -2.21. The number of hydrogen-bond donors (Lipinski definition) is 2. The van der Waals surface area contributed by atoms with Crippen LogP contribution in [0.4, 0.5) is 0 Å². The molecule has 1 aliphatic heterocycles. The lowest BCUT2D eigenvalue weighted by molar-refractivity contribution is -0.0408. The molecule has 1 saturated heterocycles. The number of aryl methyl sites for hydroxylation is 3. The van der Waals surface area contributed by atoms with Crippen molar-refractivity contribution in [1.29, 1.82) is 0 Å². The summed E-state index contributed by atoms with van der Waals surface area (Å²) in [4.78, 5) is 14.1. The topological polar surface area (TPSA) is 117 Å². The van der Waals surface area contributed by atoms with Crippen molar-refractivity contribution in [1.82, 2.24) is 24.1 Å². The molecule has 0 amide bonds. The first-order valence-electron chi connectivity index (χ1n) is 17.8. The number of carbonyl (C=O) groups excluding carboxylic acids is 1. The van der Waals surface area contributed by atoms with E-state index in [4.69, 9.17) is 31.3 Å². The van der Waals surface area contributed by atoms with Crippen LogP contribution in [0.15, 0.2) is 59.5 Å². The van der Waals surface area contributed by atoms with Gasteiger partial charge in [-0.05, 0) is 74.2 Å². The minimum Gasteiger partial charge on any atom is -0.507 e. The third kappa shape index (κ3) is 7.44. The van der Waals surface area contributed by atoms with Crippen LogP contribution in [-0.4, -0.2) is 60.6 Å². The molecule has 0 spiro atoms. The van der Waals surface area contributed by atoms with Gasteiger partial charge in [0.05, 0.1) is 34.7 Å². The highest BCUT2D eigenvalue weighted by atomic mass is 35.5. The van der Waals surface area contributed by atoms with Crippen molar-refractivity contribution in [3.8, 4) is 16.9 Å². The molecule has 0 bridgehead atoms. The molecule has 1 fully saturated rings. The summed E-state index contributed by atoms with van der Waals surface area (Å²) in [7, 11) is 5.19. The van der Waals surface area contributed by atoms with Gasteiger partial charge in [0, 0.05) is 77.1 Å². The minimum atomic E-state index is -0.427. The van der Waals surface area contributed by atoms with Gasteiger partial charge >= 0.3 is 5.97 Å². The lowest BCUT2D eigenvalue weighted by Gasteiger charge is -2.24. The number of esters is 1. The molecular formula is C40H44ClN5O5S2. The average molecular weight is 774 g/mol. The van der Waals surface area contributed by atoms with E-state index < -0.39 is 5.97 Å². The first kappa shape index (κ1) is 37.4. The number of aromatic nitrogens is 5. The Morgan fingerprint density at radius 2 is 1.87 bits per heavy atom. The molecule has 0 radical (unpaired) electrons. The second kappa shape index (κ2) is 16.2. The quantitative estimate of drug-likeness (QED) is 0.0878. The summed E-state index contributed by atoms with van der Waals surface area (Å²) in [6.07, 6.45) is 4.01. The highest BCUT2D eigenvalue weighted by molar-refractivity contribution is 7.98. The monoisotopic (exact) mass is 773 g/mol. The van der Waals surface area contributed by atoms with E-state index >= 15 is 0 Å². The molecule has 53 heavy (non-hydrogen) atoms. The van der Waals surface area contributed by atoms with Gasteiger partial charge in [-0.2, -0.15) is 10.2 Å². The van der Waals surface area contributed by atoms with Crippen LogP contribution in [0.5, 0.6) is 5.75 Å². The van der Waals surface area contributed by atoms with Crippen LogP contribution in [0.1, 0.15) is 70.7 Å². The van der Waals surface area contributed by atoms with Gasteiger partial charge < -0.3 is 24.3 Å². The van der Waals surface area contributed by atoms with Gasteiger partial charge in [-0.25, -0.2) is 9.48 Å². The predicted octanol–water partition coefficient (Wildman–Crippen LogP) is 8.73. The van der Waals surface area contributed by atoms with Gasteiger partial charge in [-0.1, -0.05) is 41.9 Å². The normalized spacial score (nSPS) is 14.8. The molecule has 1 atom stereocenters. The predicted molar refractivity (Wildman–Crippen MR) is 213 cm³/mol. The summed E-state index contributed by atoms with van der Waals surface area (Å²) >= 11 is 10.5. The molecule has 3 aromatic heterocycles. The molecule has 3 aromatic carbocycles. The van der Waals surface area contributed by atoms with E-state index in [0.29, 0.717) is 40.8 Å². The average Bonchev–Trinajstić information content (AvgIpc) is 3.80. The van der Waals surface area contributed by atoms with Crippen LogP contribution < -0.4 is 0 Å². The summed E-state index contributed by atoms with van der Waals surface area (Å²) in [6.45, 7) is 2.78. The SMILES string of the molecule is COC(=O)c1c(CCCO)c2ccc(Cl)c(-c3c(CSCc4cc(CSc5cc(O)c6ccccc6c5)nn4C4CCCCO4)nn(C)c3C)c2n1C. The largest absolute Gasteiger partial charge is 0.507 e. The number of rotatable bonds is 13. The molecule has 13 heteroatoms. The Kier molecular flexibility index (Phi) is 11.4. The fourth-order valence-corrected chi connectivity index (χ4v) is 9.43. The number of hydrogen-bond acceptors (Lipinski definition) is 9. The first-order chi connectivity index (χ1) is 25.7. The highest BCUT2D eigenvalue weighted by Crippen LogP contribution is 2.43. The summed E-state index contributed by atoms with van der Waals surface area (Å²) in [5, 5.41) is 33.6. The van der Waals surface area contributed by atoms with E-state index in [1.54, 1.807) is 23.5 Å². The van der Waals surface area contributed by atoms with Crippen LogP contribution in [0.25, 0.3) is 32.8 Å². The zero-order valence-electron chi connectivity index (χ0n) is 30.4. The van der Waals surface area contributed by atoms with E-state index in [-0.39, 0.29) is 18.6 Å². The smallest absolute Gasteiger partial charge is 0.354 e. The number of thioether (sulfide) groups is 2. The maximum atomic E-state index is 13.1. The molecule has 278 valence electrons. The Morgan fingerprint density at radius 1 is 1.04 bits per heavy atom. The Hall–Kier alpha value is -3.94. The number of nitrogens with zero attached hydrogens (tertiary/aromatic N) is 5. The number of ether oxygens (including phenoxy) is 2. The van der Waals surface area contributed by atoms with Crippen molar-refractivity contribution in [2.45, 2.75) is 67.4 Å². The molecule has 2 N–H and O–H groups in total. The van der Waals surface area contributed by atoms with Gasteiger partial charge in [-0.3, -0.25) is 4.68 Å². The Bertz CT molecular complexity index is 2290. The first-order valence-corrected chi connectivity index (χ1v) is 20.3. The van der Waals surface area contributed by atoms with Crippen molar-refractivity contribution < 1.29 is 24.5 Å². The fraction of sp³-hybridized carbons (Fsp3) is 0.375. The zero-order chi connectivity index (χ0) is 37.2. The number of aromatic hydroxyl groups is 1. The van der Waals surface area contributed by atoms with Crippen molar-refractivity contribution in [3.05, 3.63) is 93.7 Å². The van der Waals surface area contributed by atoms with Gasteiger partial charge in [0.15, 0.2) is 0 Å². The summed E-state index contributed by atoms with van der Waals surface area (Å²) < 4.78 is 17.2. The number of phenols is 1. The minimum absolute atomic E-state index is 0.0155. The molecule has 4 heterocycles. The Labute approximate surface area is 322 Å². The van der Waals surface area contributed by atoms with Gasteiger partial charge in [0.2, 0.25) is 0 Å². The van der Waals surface area contributed by atoms with Crippen LogP contribution in [0, 0.1) is 6.92 Å². The van der Waals surface area contributed by atoms with Crippen molar-refractivity contribution >= 4 is 62.8 Å². The molecule has 10 nitrogen and oxygen atoms in total. The van der Waals surface area contributed by atoms with Gasteiger partial charge in [-0.15, -0.1) is 23.5 Å². The van der Waals surface area contributed by atoms with E-state index in [9.17, 15) is 15.0 Å². The fourth-order valence-electron chi connectivity index (χ4n) is 7.40. The molecular weight excluding hydrogens is 730 g/mol. The maximum Gasteiger partial charge on any atom is 0.354 e. The summed E-state index contributed by atoms with van der Waals surface area (Å²) in [5.74, 6) is 1.83. The van der Waals surface area contributed by atoms with Crippen LogP contribution in [-0.2, 0) is 47.2 Å². The number of fused-ring (bicyclic) bond motifs is 2. The third-order valence-electron chi connectivity index (χ3n) is 10.0. The molecule has 7 rings (SSSR count). The summed E-state index contributed by atoms with van der Waals surface area (Å²) in [6, 6.07) is 17.8. The van der Waals surface area contributed by atoms with Crippen LogP contribution in [0.3, 0.4) is 0 Å². The molecule has 0 saturated carbocycles. The number of methoxy groups -OCH3 is 1. The lowest BCUT2D eigenvalue weighted by atomic mass is 9.98. The summed E-state index contributed by atoms with van der Waals surface area (Å²) in [5.41, 5.74) is 7.82. The Balaban J connectivity index is 1.17. The Morgan fingerprint density at radius 3 is 2.64 bits per heavy atom. The maximum absolute atomic E-state index is 13.1. The number of carbonyl (C=O) groups is 1. The van der Waals surface area contributed by atoms with E-state index in [1.165, 1.54) is 7.11 Å². The van der Waals surface area contributed by atoms with E-state index in [0.717, 1.165) is 91.9 Å². The molecule has 0 aliphatic carbocycles. The number of phenolic OH excluding ortho intramolecular Hbond substituents is 1. The van der Waals surface area contributed by atoms with E-state index in [2.05, 4.69) is 16.8 Å². The van der Waals surface area contributed by atoms with Crippen molar-refractivity contribution in [3.63, 3.8) is 0 Å². The molecule has 1 unspecified atom stereocenters. The molecule has 6 aromatic rings. The number of aliphatic hydroxyl groups excluding tert-OH is 1. The van der Waals surface area contributed by atoms with Gasteiger partial charge in [0.25, 0.3) is 0 Å². The van der Waals surface area contributed by atoms with Crippen molar-refractivity contribution in [2.24, 2.45) is 14.1 Å². The second-order valence-corrected chi connectivity index (χ2v) is 15.8. The number of halogens is 1. The van der Waals surface area contributed by atoms with Crippen LogP contribution in [0.2, 0.25) is 5.02 Å². The zero-order valence-corrected chi connectivity index (χ0v) is 32.8. The number of benzene rings is 3. The molecule has 1 aliphatic rings. The van der Waals surface area contributed by atoms with Crippen LogP contribution >= 0.6 is 35.1 Å². The van der Waals surface area contributed by atoms with E-state index in [1.807, 2.05) is 72.7 Å². The standard InChI is InChI=1S/C40H44ClN5O5S2/c1-24-36(37-32(41)15-14-31-30(12-9-16-47)39(40(49)50-4)44(2)38(31)37)33(43-45(24)3)23-52-22-27-19-26(42-46(27)35-13-7-8-17-51-35)21-53-28-18-25-10-5-6-11-29(25)34(48)20-28/h5-6,10-11,14-15,18-20,35,47-48H,7-9,12-13,16-17,21-23H2,1-4H3. The number of aliphatic hydroxyl groups is 1.